The van der Waals surface area contributed by atoms with Crippen LogP contribution in [0.4, 0.5) is 5.69 Å². The highest BCUT2D eigenvalue weighted by Gasteiger charge is 2.10. The Balaban J connectivity index is 1.85. The molecule has 0 bridgehead atoms. The molecule has 6 heteroatoms. The van der Waals surface area contributed by atoms with Crippen LogP contribution in [0.1, 0.15) is 22.5 Å². The van der Waals surface area contributed by atoms with Crippen molar-refractivity contribution in [3.05, 3.63) is 93.6 Å². The van der Waals surface area contributed by atoms with E-state index in [4.69, 9.17) is 0 Å². The standard InChI is InChI=1S/C18H14N4O2/c19-12-15-5-1-2-6-16(15)13-21-9-8-20-18(21)11-14-4-3-7-17(10-14)22(23)24/h1-10H,11,13H2. The first-order valence-corrected chi connectivity index (χ1v) is 7.38. The number of hydrogen-bond donors (Lipinski definition) is 0. The number of nitro groups is 1. The zero-order chi connectivity index (χ0) is 16.9. The molecule has 0 saturated carbocycles. The molecule has 0 aliphatic heterocycles. The molecule has 0 aliphatic carbocycles. The maximum absolute atomic E-state index is 10.9. The Labute approximate surface area is 138 Å². The van der Waals surface area contributed by atoms with Gasteiger partial charge in [-0.05, 0) is 17.2 Å². The minimum absolute atomic E-state index is 0.0698. The lowest BCUT2D eigenvalue weighted by Crippen LogP contribution is -2.06. The van der Waals surface area contributed by atoms with Gasteiger partial charge in [0.1, 0.15) is 5.82 Å². The molecular formula is C18H14N4O2. The lowest BCUT2D eigenvalue weighted by molar-refractivity contribution is -0.384. The minimum Gasteiger partial charge on any atom is -0.330 e. The van der Waals surface area contributed by atoms with Gasteiger partial charge in [-0.2, -0.15) is 5.26 Å². The third kappa shape index (κ3) is 3.31. The predicted octanol–water partition coefficient (Wildman–Crippen LogP) is 3.30. The molecule has 0 saturated heterocycles. The summed E-state index contributed by atoms with van der Waals surface area (Å²) in [5.74, 6) is 0.795. The largest absolute Gasteiger partial charge is 0.330 e. The number of nitro benzene ring substituents is 1. The smallest absolute Gasteiger partial charge is 0.269 e. The van der Waals surface area contributed by atoms with Crippen molar-refractivity contribution >= 4 is 5.69 Å². The minimum atomic E-state index is -0.404. The molecule has 1 aromatic heterocycles. The number of imidazole rings is 1. The van der Waals surface area contributed by atoms with E-state index < -0.39 is 4.92 Å². The molecular weight excluding hydrogens is 304 g/mol. The van der Waals surface area contributed by atoms with Crippen LogP contribution < -0.4 is 0 Å². The molecule has 3 rings (SSSR count). The van der Waals surface area contributed by atoms with E-state index in [1.165, 1.54) is 6.07 Å². The molecule has 24 heavy (non-hydrogen) atoms. The van der Waals surface area contributed by atoms with Gasteiger partial charge in [0.2, 0.25) is 0 Å². The Bertz CT molecular complexity index is 925. The molecule has 1 heterocycles. The second-order valence-electron chi connectivity index (χ2n) is 5.34. The third-order valence-electron chi connectivity index (χ3n) is 3.76. The fraction of sp³-hybridized carbons (Fsp3) is 0.111. The monoisotopic (exact) mass is 318 g/mol. The highest BCUT2D eigenvalue weighted by Crippen LogP contribution is 2.17. The van der Waals surface area contributed by atoms with E-state index >= 15 is 0 Å². The van der Waals surface area contributed by atoms with Crippen LogP contribution in [-0.2, 0) is 13.0 Å². The van der Waals surface area contributed by atoms with Crippen molar-refractivity contribution in [3.63, 3.8) is 0 Å². The summed E-state index contributed by atoms with van der Waals surface area (Å²) in [5, 5.41) is 20.1. The van der Waals surface area contributed by atoms with Crippen LogP contribution >= 0.6 is 0 Å². The van der Waals surface area contributed by atoms with Crippen molar-refractivity contribution in [2.75, 3.05) is 0 Å². The third-order valence-corrected chi connectivity index (χ3v) is 3.76. The molecule has 0 atom stereocenters. The Kier molecular flexibility index (Phi) is 4.34. The molecule has 118 valence electrons. The van der Waals surface area contributed by atoms with E-state index in [1.54, 1.807) is 24.4 Å². The summed E-state index contributed by atoms with van der Waals surface area (Å²) in [7, 11) is 0. The fourth-order valence-corrected chi connectivity index (χ4v) is 2.56. The molecule has 6 nitrogen and oxygen atoms in total. The Morgan fingerprint density at radius 3 is 2.83 bits per heavy atom. The SMILES string of the molecule is N#Cc1ccccc1Cn1ccnc1Cc1cccc([N+](=O)[O-])c1. The van der Waals surface area contributed by atoms with E-state index in [2.05, 4.69) is 11.1 Å². The Morgan fingerprint density at radius 2 is 2.04 bits per heavy atom. The van der Waals surface area contributed by atoms with Crippen LogP contribution in [0.3, 0.4) is 0 Å². The summed E-state index contributed by atoms with van der Waals surface area (Å²) in [6.45, 7) is 0.536. The predicted molar refractivity (Wildman–Crippen MR) is 88.4 cm³/mol. The number of benzene rings is 2. The van der Waals surface area contributed by atoms with Gasteiger partial charge in [0.05, 0.1) is 23.1 Å². The topological polar surface area (TPSA) is 84.8 Å². The highest BCUT2D eigenvalue weighted by molar-refractivity contribution is 5.38. The van der Waals surface area contributed by atoms with E-state index in [0.29, 0.717) is 18.5 Å². The van der Waals surface area contributed by atoms with Gasteiger partial charge in [-0.3, -0.25) is 10.1 Å². The van der Waals surface area contributed by atoms with Crippen LogP contribution in [0.15, 0.2) is 60.9 Å². The molecule has 2 aromatic carbocycles. The molecule has 0 radical (unpaired) electrons. The molecule has 0 amide bonds. The summed E-state index contributed by atoms with van der Waals surface area (Å²) in [6.07, 6.45) is 4.03. The summed E-state index contributed by atoms with van der Waals surface area (Å²) in [5.41, 5.74) is 2.44. The van der Waals surface area contributed by atoms with Gasteiger partial charge < -0.3 is 4.57 Å². The quantitative estimate of drug-likeness (QED) is 0.533. The van der Waals surface area contributed by atoms with Crippen LogP contribution in [0.2, 0.25) is 0 Å². The van der Waals surface area contributed by atoms with Gasteiger partial charge in [0, 0.05) is 30.9 Å². The molecule has 0 spiro atoms. The van der Waals surface area contributed by atoms with E-state index in [1.807, 2.05) is 35.0 Å². The highest BCUT2D eigenvalue weighted by atomic mass is 16.6. The number of rotatable bonds is 5. The zero-order valence-corrected chi connectivity index (χ0v) is 12.8. The van der Waals surface area contributed by atoms with Gasteiger partial charge in [-0.1, -0.05) is 30.3 Å². The normalized spacial score (nSPS) is 10.3. The average molecular weight is 318 g/mol. The van der Waals surface area contributed by atoms with Crippen LogP contribution in [-0.4, -0.2) is 14.5 Å². The van der Waals surface area contributed by atoms with Crippen LogP contribution in [0.25, 0.3) is 0 Å². The van der Waals surface area contributed by atoms with Gasteiger partial charge in [0.25, 0.3) is 5.69 Å². The summed E-state index contributed by atoms with van der Waals surface area (Å²) in [6, 6.07) is 16.2. The molecule has 0 N–H and O–H groups in total. The number of nitrogens with zero attached hydrogens (tertiary/aromatic N) is 4. The van der Waals surface area contributed by atoms with Crippen molar-refractivity contribution in [3.8, 4) is 6.07 Å². The fourth-order valence-electron chi connectivity index (χ4n) is 2.56. The Morgan fingerprint density at radius 1 is 1.21 bits per heavy atom. The van der Waals surface area contributed by atoms with Crippen molar-refractivity contribution < 1.29 is 4.92 Å². The van der Waals surface area contributed by atoms with Crippen molar-refractivity contribution in [1.82, 2.24) is 9.55 Å². The average Bonchev–Trinajstić information content (AvgIpc) is 3.02. The second kappa shape index (κ2) is 6.75. The van der Waals surface area contributed by atoms with E-state index in [0.717, 1.165) is 17.0 Å². The summed E-state index contributed by atoms with van der Waals surface area (Å²) in [4.78, 5) is 14.8. The van der Waals surface area contributed by atoms with Gasteiger partial charge in [0.15, 0.2) is 0 Å². The maximum atomic E-state index is 10.9. The number of nitriles is 1. The molecule has 0 unspecified atom stereocenters. The first kappa shape index (κ1) is 15.4. The lowest BCUT2D eigenvalue weighted by atomic mass is 10.1. The van der Waals surface area contributed by atoms with E-state index in [9.17, 15) is 15.4 Å². The van der Waals surface area contributed by atoms with Crippen molar-refractivity contribution in [1.29, 1.82) is 5.26 Å². The first-order valence-electron chi connectivity index (χ1n) is 7.38. The summed E-state index contributed by atoms with van der Waals surface area (Å²) < 4.78 is 1.95. The molecule has 0 aliphatic rings. The van der Waals surface area contributed by atoms with Gasteiger partial charge >= 0.3 is 0 Å². The second-order valence-corrected chi connectivity index (χ2v) is 5.34. The maximum Gasteiger partial charge on any atom is 0.269 e. The number of aromatic nitrogens is 2. The van der Waals surface area contributed by atoms with Gasteiger partial charge in [-0.25, -0.2) is 4.98 Å². The van der Waals surface area contributed by atoms with E-state index in [-0.39, 0.29) is 5.69 Å². The number of non-ortho nitro benzene ring substituents is 1. The van der Waals surface area contributed by atoms with Crippen LogP contribution in [0.5, 0.6) is 0 Å². The van der Waals surface area contributed by atoms with Crippen LogP contribution in [0, 0.1) is 21.4 Å². The first-order chi connectivity index (χ1) is 11.7. The van der Waals surface area contributed by atoms with Crippen molar-refractivity contribution in [2.45, 2.75) is 13.0 Å². The molecule has 0 fully saturated rings. The molecule has 3 aromatic rings. The number of hydrogen-bond acceptors (Lipinski definition) is 4. The summed E-state index contributed by atoms with van der Waals surface area (Å²) >= 11 is 0. The lowest BCUT2D eigenvalue weighted by Gasteiger charge is -2.09. The van der Waals surface area contributed by atoms with Gasteiger partial charge in [-0.15, -0.1) is 0 Å². The Hall–Kier alpha value is -3.46. The zero-order valence-electron chi connectivity index (χ0n) is 12.8. The van der Waals surface area contributed by atoms with Crippen molar-refractivity contribution in [2.24, 2.45) is 0 Å².